The van der Waals surface area contributed by atoms with Crippen LogP contribution in [-0.4, -0.2) is 58.3 Å². The Morgan fingerprint density at radius 1 is 1.42 bits per heavy atom. The first-order valence-corrected chi connectivity index (χ1v) is 7.55. The van der Waals surface area contributed by atoms with E-state index in [-0.39, 0.29) is 6.03 Å². The number of carbonyl (C=O) groups is 1. The number of thioether (sulfide) groups is 1. The minimum Gasteiger partial charge on any atom is -0.378 e. The summed E-state index contributed by atoms with van der Waals surface area (Å²) in [6.07, 6.45) is 1.96. The molecule has 1 aromatic rings. The van der Waals surface area contributed by atoms with Crippen LogP contribution in [0.15, 0.2) is 5.16 Å². The Morgan fingerprint density at radius 2 is 2.16 bits per heavy atom. The number of hydrogen-bond donors (Lipinski definition) is 1. The molecular formula is C11H19N5O2S. The quantitative estimate of drug-likeness (QED) is 0.819. The van der Waals surface area contributed by atoms with Crippen LogP contribution in [0, 0.1) is 0 Å². The highest BCUT2D eigenvalue weighted by Gasteiger charge is 2.17. The molecule has 2 heterocycles. The molecule has 2 amide bonds. The van der Waals surface area contributed by atoms with Gasteiger partial charge in [-0.05, 0) is 13.2 Å². The zero-order chi connectivity index (χ0) is 13.7. The van der Waals surface area contributed by atoms with E-state index in [9.17, 15) is 4.79 Å². The summed E-state index contributed by atoms with van der Waals surface area (Å²) in [5, 5.41) is 11.9. The summed E-state index contributed by atoms with van der Waals surface area (Å²) in [4.78, 5) is 13.7. The minimum atomic E-state index is -0.0698. The van der Waals surface area contributed by atoms with Gasteiger partial charge in [-0.2, -0.15) is 0 Å². The van der Waals surface area contributed by atoms with Crippen LogP contribution in [0.25, 0.3) is 0 Å². The highest BCUT2D eigenvalue weighted by Crippen LogP contribution is 2.13. The first kappa shape index (κ1) is 14.1. The lowest BCUT2D eigenvalue weighted by Crippen LogP contribution is -2.46. The fourth-order valence-electron chi connectivity index (χ4n) is 1.95. The number of ether oxygens (including phenoxy) is 1. The van der Waals surface area contributed by atoms with Crippen molar-refractivity contribution in [3.63, 3.8) is 0 Å². The lowest BCUT2D eigenvalue weighted by atomic mass is 10.4. The molecule has 0 aliphatic carbocycles. The summed E-state index contributed by atoms with van der Waals surface area (Å²) < 4.78 is 7.22. The molecule has 1 aromatic heterocycles. The predicted octanol–water partition coefficient (Wildman–Crippen LogP) is 0.562. The van der Waals surface area contributed by atoms with Crippen molar-refractivity contribution in [3.8, 4) is 0 Å². The lowest BCUT2D eigenvalue weighted by molar-refractivity contribution is 0.0531. The van der Waals surface area contributed by atoms with E-state index in [2.05, 4.69) is 15.5 Å². The van der Waals surface area contributed by atoms with Crippen molar-refractivity contribution in [2.45, 2.75) is 25.2 Å². The number of aromatic nitrogens is 3. The summed E-state index contributed by atoms with van der Waals surface area (Å²) in [5.41, 5.74) is 0. The largest absolute Gasteiger partial charge is 0.378 e. The first-order valence-electron chi connectivity index (χ1n) is 6.32. The van der Waals surface area contributed by atoms with E-state index in [1.54, 1.807) is 16.7 Å². The summed E-state index contributed by atoms with van der Waals surface area (Å²) in [5.74, 6) is 0.786. The van der Waals surface area contributed by atoms with Gasteiger partial charge in [-0.15, -0.1) is 10.2 Å². The average Bonchev–Trinajstić information content (AvgIpc) is 2.87. The summed E-state index contributed by atoms with van der Waals surface area (Å²) in [7, 11) is 0. The fraction of sp³-hybridized carbons (Fsp3) is 0.727. The van der Waals surface area contributed by atoms with Gasteiger partial charge in [0.2, 0.25) is 0 Å². The molecule has 0 spiro atoms. The Labute approximate surface area is 116 Å². The molecule has 1 N–H and O–H groups in total. The van der Waals surface area contributed by atoms with E-state index in [4.69, 9.17) is 4.74 Å². The Morgan fingerprint density at radius 3 is 2.79 bits per heavy atom. The van der Waals surface area contributed by atoms with Crippen LogP contribution in [0.4, 0.5) is 4.79 Å². The Bertz CT molecular complexity index is 431. The van der Waals surface area contributed by atoms with E-state index in [0.717, 1.165) is 17.5 Å². The number of rotatable bonds is 4. The van der Waals surface area contributed by atoms with E-state index < -0.39 is 0 Å². The van der Waals surface area contributed by atoms with Gasteiger partial charge in [-0.3, -0.25) is 0 Å². The Balaban J connectivity index is 1.91. The molecule has 0 atom stereocenters. The molecule has 1 aliphatic rings. The van der Waals surface area contributed by atoms with Gasteiger partial charge in [0, 0.05) is 19.6 Å². The van der Waals surface area contributed by atoms with Crippen LogP contribution in [0.3, 0.4) is 0 Å². The zero-order valence-electron chi connectivity index (χ0n) is 11.3. The molecule has 0 unspecified atom stereocenters. The highest BCUT2D eigenvalue weighted by atomic mass is 32.2. The normalized spacial score (nSPS) is 15.6. The second-order valence-electron chi connectivity index (χ2n) is 4.11. The van der Waals surface area contributed by atoms with Crippen molar-refractivity contribution < 1.29 is 9.53 Å². The van der Waals surface area contributed by atoms with Gasteiger partial charge in [0.05, 0.1) is 19.8 Å². The number of urea groups is 1. The third kappa shape index (κ3) is 3.38. The molecular weight excluding hydrogens is 266 g/mol. The van der Waals surface area contributed by atoms with Crippen molar-refractivity contribution in [2.75, 3.05) is 32.6 Å². The van der Waals surface area contributed by atoms with Crippen molar-refractivity contribution in [3.05, 3.63) is 5.82 Å². The third-order valence-electron chi connectivity index (χ3n) is 2.99. The molecule has 1 fully saturated rings. The molecule has 7 nitrogen and oxygen atoms in total. The van der Waals surface area contributed by atoms with E-state index in [1.807, 2.05) is 17.7 Å². The van der Waals surface area contributed by atoms with Gasteiger partial charge < -0.3 is 19.5 Å². The van der Waals surface area contributed by atoms with Crippen LogP contribution in [-0.2, 0) is 17.8 Å². The molecule has 19 heavy (non-hydrogen) atoms. The van der Waals surface area contributed by atoms with Crippen LogP contribution in [0.5, 0.6) is 0 Å². The summed E-state index contributed by atoms with van der Waals surface area (Å²) >= 11 is 1.55. The Hall–Kier alpha value is -1.28. The van der Waals surface area contributed by atoms with Crippen LogP contribution in [0.1, 0.15) is 12.7 Å². The maximum atomic E-state index is 11.9. The molecule has 2 rings (SSSR count). The zero-order valence-corrected chi connectivity index (χ0v) is 12.1. The number of amides is 2. The van der Waals surface area contributed by atoms with Gasteiger partial charge in [0.1, 0.15) is 0 Å². The SMILES string of the molecule is CCn1c(CNC(=O)N2CCOCC2)nnc1SC. The number of morpholine rings is 1. The van der Waals surface area contributed by atoms with Crippen molar-refractivity contribution in [1.29, 1.82) is 0 Å². The molecule has 8 heteroatoms. The topological polar surface area (TPSA) is 72.3 Å². The second-order valence-corrected chi connectivity index (χ2v) is 4.88. The van der Waals surface area contributed by atoms with Gasteiger partial charge in [0.25, 0.3) is 0 Å². The average molecular weight is 285 g/mol. The second kappa shape index (κ2) is 6.76. The fourth-order valence-corrected chi connectivity index (χ4v) is 2.53. The van der Waals surface area contributed by atoms with E-state index >= 15 is 0 Å². The summed E-state index contributed by atoms with van der Waals surface area (Å²) in [6.45, 7) is 5.73. The highest BCUT2D eigenvalue weighted by molar-refractivity contribution is 7.98. The smallest absolute Gasteiger partial charge is 0.317 e. The van der Waals surface area contributed by atoms with Crippen LogP contribution < -0.4 is 5.32 Å². The predicted molar refractivity (Wildman–Crippen MR) is 72.1 cm³/mol. The molecule has 0 saturated carbocycles. The molecule has 1 aliphatic heterocycles. The van der Waals surface area contributed by atoms with Gasteiger partial charge >= 0.3 is 6.03 Å². The maximum Gasteiger partial charge on any atom is 0.317 e. The van der Waals surface area contributed by atoms with Crippen LogP contribution >= 0.6 is 11.8 Å². The van der Waals surface area contributed by atoms with Crippen LogP contribution in [0.2, 0.25) is 0 Å². The molecule has 0 aromatic carbocycles. The third-order valence-corrected chi connectivity index (χ3v) is 3.66. The standard InChI is InChI=1S/C11H19N5O2S/c1-3-16-9(13-14-11(16)19-2)8-12-10(17)15-4-6-18-7-5-15/h3-8H2,1-2H3,(H,12,17). The van der Waals surface area contributed by atoms with E-state index in [0.29, 0.717) is 32.8 Å². The molecule has 0 radical (unpaired) electrons. The first-order chi connectivity index (χ1) is 9.26. The number of carbonyl (C=O) groups excluding carboxylic acids is 1. The van der Waals surface area contributed by atoms with Gasteiger partial charge in [-0.25, -0.2) is 4.79 Å². The summed E-state index contributed by atoms with van der Waals surface area (Å²) in [6, 6.07) is -0.0698. The monoisotopic (exact) mass is 285 g/mol. The van der Waals surface area contributed by atoms with Crippen molar-refractivity contribution in [2.24, 2.45) is 0 Å². The molecule has 106 valence electrons. The number of nitrogens with zero attached hydrogens (tertiary/aromatic N) is 4. The maximum absolute atomic E-state index is 11.9. The van der Waals surface area contributed by atoms with Crippen molar-refractivity contribution >= 4 is 17.8 Å². The number of hydrogen-bond acceptors (Lipinski definition) is 5. The Kier molecular flexibility index (Phi) is 5.03. The van der Waals surface area contributed by atoms with Gasteiger partial charge in [-0.1, -0.05) is 11.8 Å². The van der Waals surface area contributed by atoms with Gasteiger partial charge in [0.15, 0.2) is 11.0 Å². The molecule has 0 bridgehead atoms. The number of nitrogens with one attached hydrogen (secondary N) is 1. The van der Waals surface area contributed by atoms with Crippen molar-refractivity contribution in [1.82, 2.24) is 25.0 Å². The lowest BCUT2D eigenvalue weighted by Gasteiger charge is -2.26. The molecule has 1 saturated heterocycles. The minimum absolute atomic E-state index is 0.0698. The van der Waals surface area contributed by atoms with E-state index in [1.165, 1.54) is 0 Å².